The number of hydrogen-bond acceptors (Lipinski definition) is 2. The van der Waals surface area contributed by atoms with Crippen LogP contribution in [-0.4, -0.2) is 6.54 Å². The quantitative estimate of drug-likeness (QED) is 0.842. The zero-order valence-electron chi connectivity index (χ0n) is 11.7. The van der Waals surface area contributed by atoms with Crippen LogP contribution >= 0.6 is 11.3 Å². The fourth-order valence-corrected chi connectivity index (χ4v) is 3.03. The van der Waals surface area contributed by atoms with Crippen molar-refractivity contribution in [3.8, 4) is 0 Å². The lowest BCUT2D eigenvalue weighted by Crippen LogP contribution is -2.23. The van der Waals surface area contributed by atoms with Gasteiger partial charge in [-0.15, -0.1) is 0 Å². The fraction of sp³-hybridized carbons (Fsp3) is 0.375. The molecular formula is C16H20FNS. The predicted molar refractivity (Wildman–Crippen MR) is 80.3 cm³/mol. The molecule has 0 fully saturated rings. The van der Waals surface area contributed by atoms with E-state index < -0.39 is 0 Å². The van der Waals surface area contributed by atoms with Gasteiger partial charge in [0.15, 0.2) is 0 Å². The van der Waals surface area contributed by atoms with E-state index in [1.54, 1.807) is 24.3 Å². The number of hydrogen-bond donors (Lipinski definition) is 1. The highest BCUT2D eigenvalue weighted by molar-refractivity contribution is 7.08. The SMILES string of the molecule is CCCNC(c1ccc(C)c(F)c1)c1cscc1C. The van der Waals surface area contributed by atoms with Crippen molar-refractivity contribution < 1.29 is 4.39 Å². The van der Waals surface area contributed by atoms with Gasteiger partial charge in [-0.05, 0) is 65.9 Å². The van der Waals surface area contributed by atoms with E-state index in [0.29, 0.717) is 5.56 Å². The molecule has 102 valence electrons. The van der Waals surface area contributed by atoms with Gasteiger partial charge in [0, 0.05) is 0 Å². The van der Waals surface area contributed by atoms with Crippen LogP contribution in [-0.2, 0) is 0 Å². The molecule has 0 aliphatic heterocycles. The Morgan fingerprint density at radius 1 is 1.21 bits per heavy atom. The zero-order chi connectivity index (χ0) is 13.8. The van der Waals surface area contributed by atoms with E-state index >= 15 is 0 Å². The number of benzene rings is 1. The van der Waals surface area contributed by atoms with Crippen molar-refractivity contribution in [2.24, 2.45) is 0 Å². The van der Waals surface area contributed by atoms with E-state index in [-0.39, 0.29) is 11.9 Å². The molecule has 2 aromatic rings. The highest BCUT2D eigenvalue weighted by Gasteiger charge is 2.17. The Labute approximate surface area is 118 Å². The van der Waals surface area contributed by atoms with Gasteiger partial charge < -0.3 is 5.32 Å². The van der Waals surface area contributed by atoms with Crippen LogP contribution in [0.4, 0.5) is 4.39 Å². The summed E-state index contributed by atoms with van der Waals surface area (Å²) in [6.45, 7) is 6.97. The lowest BCUT2D eigenvalue weighted by molar-refractivity contribution is 0.582. The summed E-state index contributed by atoms with van der Waals surface area (Å²) in [6.07, 6.45) is 1.06. The third kappa shape index (κ3) is 3.23. The van der Waals surface area contributed by atoms with Gasteiger partial charge in [-0.3, -0.25) is 0 Å². The Hall–Kier alpha value is -1.19. The Bertz CT molecular complexity index is 547. The second-order valence-electron chi connectivity index (χ2n) is 4.91. The van der Waals surface area contributed by atoms with Crippen molar-refractivity contribution in [3.63, 3.8) is 0 Å². The van der Waals surface area contributed by atoms with E-state index in [9.17, 15) is 4.39 Å². The molecule has 0 saturated carbocycles. The van der Waals surface area contributed by atoms with Crippen LogP contribution in [0.1, 0.15) is 41.6 Å². The van der Waals surface area contributed by atoms with Crippen molar-refractivity contribution >= 4 is 11.3 Å². The first-order chi connectivity index (χ1) is 9.13. The topological polar surface area (TPSA) is 12.0 Å². The summed E-state index contributed by atoms with van der Waals surface area (Å²) < 4.78 is 13.8. The van der Waals surface area contributed by atoms with Crippen molar-refractivity contribution in [3.05, 3.63) is 57.0 Å². The molecule has 0 aliphatic rings. The van der Waals surface area contributed by atoms with Crippen LogP contribution in [0, 0.1) is 19.7 Å². The monoisotopic (exact) mass is 277 g/mol. The number of aryl methyl sites for hydroxylation is 2. The van der Waals surface area contributed by atoms with E-state index in [2.05, 4.69) is 29.9 Å². The van der Waals surface area contributed by atoms with Gasteiger partial charge in [0.1, 0.15) is 5.82 Å². The van der Waals surface area contributed by atoms with Crippen molar-refractivity contribution in [2.75, 3.05) is 6.54 Å². The summed E-state index contributed by atoms with van der Waals surface area (Å²) in [5.41, 5.74) is 4.21. The van der Waals surface area contributed by atoms with Gasteiger partial charge in [0.25, 0.3) is 0 Å². The third-order valence-electron chi connectivity index (χ3n) is 3.33. The molecule has 1 aromatic heterocycles. The maximum atomic E-state index is 13.8. The highest BCUT2D eigenvalue weighted by Crippen LogP contribution is 2.28. The van der Waals surface area contributed by atoms with Gasteiger partial charge in [-0.2, -0.15) is 11.3 Å². The van der Waals surface area contributed by atoms with Gasteiger partial charge >= 0.3 is 0 Å². The first kappa shape index (κ1) is 14.2. The molecule has 1 unspecified atom stereocenters. The van der Waals surface area contributed by atoms with Crippen molar-refractivity contribution in [1.82, 2.24) is 5.32 Å². The lowest BCUT2D eigenvalue weighted by atomic mass is 9.97. The minimum atomic E-state index is -0.131. The smallest absolute Gasteiger partial charge is 0.126 e. The number of thiophene rings is 1. The van der Waals surface area contributed by atoms with Gasteiger partial charge in [-0.1, -0.05) is 19.1 Å². The summed E-state index contributed by atoms with van der Waals surface area (Å²) >= 11 is 1.70. The summed E-state index contributed by atoms with van der Waals surface area (Å²) in [7, 11) is 0. The molecule has 0 amide bonds. The lowest BCUT2D eigenvalue weighted by Gasteiger charge is -2.20. The first-order valence-corrected chi connectivity index (χ1v) is 7.60. The molecule has 1 aromatic carbocycles. The molecule has 0 spiro atoms. The molecule has 0 bridgehead atoms. The average Bonchev–Trinajstić information content (AvgIpc) is 2.80. The highest BCUT2D eigenvalue weighted by atomic mass is 32.1. The van der Waals surface area contributed by atoms with Crippen molar-refractivity contribution in [1.29, 1.82) is 0 Å². The van der Waals surface area contributed by atoms with Gasteiger partial charge in [0.2, 0.25) is 0 Å². The second kappa shape index (κ2) is 6.31. The minimum Gasteiger partial charge on any atom is -0.306 e. The maximum absolute atomic E-state index is 13.8. The summed E-state index contributed by atoms with van der Waals surface area (Å²) in [5.74, 6) is -0.131. The van der Waals surface area contributed by atoms with Gasteiger partial charge in [-0.25, -0.2) is 4.39 Å². The number of nitrogens with one attached hydrogen (secondary N) is 1. The Morgan fingerprint density at radius 2 is 2.00 bits per heavy atom. The van der Waals surface area contributed by atoms with Crippen LogP contribution in [0.2, 0.25) is 0 Å². The molecule has 1 nitrogen and oxygen atoms in total. The van der Waals surface area contributed by atoms with E-state index in [4.69, 9.17) is 0 Å². The molecule has 1 heterocycles. The molecule has 1 atom stereocenters. The number of halogens is 1. The zero-order valence-corrected chi connectivity index (χ0v) is 12.5. The van der Waals surface area contributed by atoms with E-state index in [1.807, 2.05) is 12.1 Å². The fourth-order valence-electron chi connectivity index (χ4n) is 2.15. The Kier molecular flexibility index (Phi) is 4.72. The molecule has 0 saturated heterocycles. The summed E-state index contributed by atoms with van der Waals surface area (Å²) in [5, 5.41) is 7.81. The largest absolute Gasteiger partial charge is 0.306 e. The maximum Gasteiger partial charge on any atom is 0.126 e. The standard InChI is InChI=1S/C16H20FNS/c1-4-7-18-16(14-10-19-9-12(14)3)13-6-5-11(2)15(17)8-13/h5-6,8-10,16,18H,4,7H2,1-3H3. The van der Waals surface area contributed by atoms with Crippen LogP contribution in [0.3, 0.4) is 0 Å². The third-order valence-corrected chi connectivity index (χ3v) is 4.21. The van der Waals surface area contributed by atoms with Crippen molar-refractivity contribution in [2.45, 2.75) is 33.2 Å². The van der Waals surface area contributed by atoms with Gasteiger partial charge in [0.05, 0.1) is 6.04 Å². The number of rotatable bonds is 5. The molecule has 1 N–H and O–H groups in total. The Morgan fingerprint density at radius 3 is 2.58 bits per heavy atom. The van der Waals surface area contributed by atoms with Crippen LogP contribution in [0.5, 0.6) is 0 Å². The minimum absolute atomic E-state index is 0.0845. The van der Waals surface area contributed by atoms with E-state index in [1.165, 1.54) is 11.1 Å². The summed E-state index contributed by atoms with van der Waals surface area (Å²) in [6, 6.07) is 5.61. The van der Waals surface area contributed by atoms with Crippen LogP contribution in [0.15, 0.2) is 29.0 Å². The average molecular weight is 277 g/mol. The summed E-state index contributed by atoms with van der Waals surface area (Å²) in [4.78, 5) is 0. The molecule has 3 heteroatoms. The van der Waals surface area contributed by atoms with Crippen LogP contribution < -0.4 is 5.32 Å². The van der Waals surface area contributed by atoms with Crippen LogP contribution in [0.25, 0.3) is 0 Å². The second-order valence-corrected chi connectivity index (χ2v) is 5.65. The molecule has 2 rings (SSSR count). The first-order valence-electron chi connectivity index (χ1n) is 6.65. The normalized spacial score (nSPS) is 12.6. The molecule has 0 aliphatic carbocycles. The molecular weight excluding hydrogens is 257 g/mol. The molecule has 19 heavy (non-hydrogen) atoms. The Balaban J connectivity index is 2.37. The predicted octanol–water partition coefficient (Wildman–Crippen LogP) is 4.59. The van der Waals surface area contributed by atoms with E-state index in [0.717, 1.165) is 18.5 Å². The molecule has 0 radical (unpaired) electrons.